The van der Waals surface area contributed by atoms with Crippen LogP contribution >= 0.6 is 0 Å². The molecule has 1 aromatic heterocycles. The van der Waals surface area contributed by atoms with E-state index in [0.717, 1.165) is 10.9 Å². The van der Waals surface area contributed by atoms with Gasteiger partial charge in [0.05, 0.1) is 19.6 Å². The molecule has 4 nitrogen and oxygen atoms in total. The van der Waals surface area contributed by atoms with Crippen molar-refractivity contribution in [2.75, 3.05) is 6.61 Å². The number of Topliss-reactive ketones (excluding diaryl/α,β-unsaturated/α-hetero) is 1. The van der Waals surface area contributed by atoms with E-state index >= 15 is 0 Å². The lowest BCUT2D eigenvalue weighted by atomic mass is 10.1. The predicted octanol–water partition coefficient (Wildman–Crippen LogP) is 2.86. The number of carbonyl (C=O) groups excluding carboxylic acids is 2. The summed E-state index contributed by atoms with van der Waals surface area (Å²) in [5, 5.41) is 1.16. The zero-order chi connectivity index (χ0) is 14.5. The van der Waals surface area contributed by atoms with E-state index in [1.807, 2.05) is 29.0 Å². The van der Waals surface area contributed by atoms with Gasteiger partial charge in [-0.3, -0.25) is 9.59 Å². The average molecular weight is 273 g/mol. The van der Waals surface area contributed by atoms with E-state index in [2.05, 4.69) is 13.0 Å². The van der Waals surface area contributed by atoms with E-state index in [4.69, 9.17) is 4.74 Å². The molecule has 0 unspecified atom stereocenters. The number of ketones is 1. The first-order valence-corrected chi connectivity index (χ1v) is 6.83. The first-order valence-electron chi connectivity index (χ1n) is 6.83. The molecule has 0 bridgehead atoms. The zero-order valence-electron chi connectivity index (χ0n) is 11.9. The molecule has 0 fully saturated rings. The molecule has 4 heteroatoms. The van der Waals surface area contributed by atoms with Crippen LogP contribution in [0.5, 0.6) is 0 Å². The Morgan fingerprint density at radius 2 is 2.00 bits per heavy atom. The number of benzene rings is 1. The molecule has 0 aliphatic carbocycles. The van der Waals surface area contributed by atoms with Crippen molar-refractivity contribution in [3.8, 4) is 0 Å². The number of rotatable bonds is 6. The minimum absolute atomic E-state index is 0.0389. The molecule has 1 heterocycles. The van der Waals surface area contributed by atoms with Crippen LogP contribution in [-0.4, -0.2) is 22.9 Å². The molecule has 1 aromatic carbocycles. The monoisotopic (exact) mass is 273 g/mol. The van der Waals surface area contributed by atoms with E-state index < -0.39 is 0 Å². The third kappa shape index (κ3) is 3.26. The van der Waals surface area contributed by atoms with Crippen LogP contribution in [0.15, 0.2) is 30.5 Å². The fraction of sp³-hybridized carbons (Fsp3) is 0.375. The largest absolute Gasteiger partial charge is 0.466 e. The standard InChI is InChI=1S/C16H19NO3/c1-3-20-16(19)8-7-13(18)11-17-10-9-14-12(2)5-4-6-15(14)17/h4-6,9-10H,3,7-8,11H2,1-2H3. The topological polar surface area (TPSA) is 48.3 Å². The van der Waals surface area contributed by atoms with Crippen molar-refractivity contribution < 1.29 is 14.3 Å². The molecule has 0 aliphatic rings. The lowest BCUT2D eigenvalue weighted by Crippen LogP contribution is -2.12. The molecule has 0 aliphatic heterocycles. The van der Waals surface area contributed by atoms with E-state index in [0.29, 0.717) is 13.2 Å². The van der Waals surface area contributed by atoms with Gasteiger partial charge in [0, 0.05) is 23.5 Å². The van der Waals surface area contributed by atoms with Crippen LogP contribution in [0.3, 0.4) is 0 Å². The Balaban J connectivity index is 2.00. The van der Waals surface area contributed by atoms with Crippen molar-refractivity contribution in [3.63, 3.8) is 0 Å². The normalized spacial score (nSPS) is 10.7. The second-order valence-corrected chi connectivity index (χ2v) is 4.80. The molecule has 106 valence electrons. The number of esters is 1. The number of aromatic nitrogens is 1. The minimum Gasteiger partial charge on any atom is -0.466 e. The van der Waals surface area contributed by atoms with Crippen molar-refractivity contribution >= 4 is 22.7 Å². The zero-order valence-corrected chi connectivity index (χ0v) is 11.9. The first kappa shape index (κ1) is 14.3. The molecule has 0 amide bonds. The fourth-order valence-electron chi connectivity index (χ4n) is 2.26. The number of ether oxygens (including phenoxy) is 1. The van der Waals surface area contributed by atoms with Gasteiger partial charge >= 0.3 is 5.97 Å². The summed E-state index contributed by atoms with van der Waals surface area (Å²) < 4.78 is 6.74. The van der Waals surface area contributed by atoms with Crippen LogP contribution in [0, 0.1) is 6.92 Å². The summed E-state index contributed by atoms with van der Waals surface area (Å²) in [7, 11) is 0. The van der Waals surface area contributed by atoms with E-state index in [1.54, 1.807) is 6.92 Å². The highest BCUT2D eigenvalue weighted by Gasteiger charge is 2.10. The molecule has 0 saturated heterocycles. The number of hydrogen-bond acceptors (Lipinski definition) is 3. The maximum Gasteiger partial charge on any atom is 0.306 e. The summed E-state index contributed by atoms with van der Waals surface area (Å²) >= 11 is 0. The van der Waals surface area contributed by atoms with Gasteiger partial charge in [-0.05, 0) is 31.5 Å². The number of aryl methyl sites for hydroxylation is 1. The first-order chi connectivity index (χ1) is 9.61. The molecule has 0 N–H and O–H groups in total. The minimum atomic E-state index is -0.311. The second kappa shape index (κ2) is 6.37. The van der Waals surface area contributed by atoms with Crippen LogP contribution in [0.4, 0.5) is 0 Å². The van der Waals surface area contributed by atoms with Crippen molar-refractivity contribution in [1.29, 1.82) is 0 Å². The summed E-state index contributed by atoms with van der Waals surface area (Å²) in [6, 6.07) is 8.05. The Morgan fingerprint density at radius 1 is 1.20 bits per heavy atom. The smallest absolute Gasteiger partial charge is 0.306 e. The highest BCUT2D eigenvalue weighted by atomic mass is 16.5. The van der Waals surface area contributed by atoms with Gasteiger partial charge in [0.15, 0.2) is 5.78 Å². The molecule has 0 atom stereocenters. The summed E-state index contributed by atoms with van der Waals surface area (Å²) in [6.07, 6.45) is 2.30. The molecule has 0 saturated carbocycles. The van der Waals surface area contributed by atoms with Gasteiger partial charge in [0.2, 0.25) is 0 Å². The quantitative estimate of drug-likeness (QED) is 0.760. The Bertz CT molecular complexity index is 628. The number of carbonyl (C=O) groups is 2. The van der Waals surface area contributed by atoms with Gasteiger partial charge in [-0.2, -0.15) is 0 Å². The highest BCUT2D eigenvalue weighted by molar-refractivity contribution is 5.87. The number of fused-ring (bicyclic) bond motifs is 1. The van der Waals surface area contributed by atoms with Gasteiger partial charge in [0.25, 0.3) is 0 Å². The Labute approximate surface area is 118 Å². The molecule has 20 heavy (non-hydrogen) atoms. The summed E-state index contributed by atoms with van der Waals surface area (Å²) in [4.78, 5) is 23.1. The maximum absolute atomic E-state index is 11.9. The Hall–Kier alpha value is -2.10. The molecule has 2 rings (SSSR count). The van der Waals surface area contributed by atoms with E-state index in [1.165, 1.54) is 5.56 Å². The average Bonchev–Trinajstić information content (AvgIpc) is 2.82. The van der Waals surface area contributed by atoms with Gasteiger partial charge in [-0.15, -0.1) is 0 Å². The van der Waals surface area contributed by atoms with Crippen molar-refractivity contribution in [2.24, 2.45) is 0 Å². The van der Waals surface area contributed by atoms with Gasteiger partial charge in [-0.1, -0.05) is 12.1 Å². The van der Waals surface area contributed by atoms with Crippen molar-refractivity contribution in [2.45, 2.75) is 33.2 Å². The molecule has 2 aromatic rings. The van der Waals surface area contributed by atoms with Crippen LogP contribution in [0.25, 0.3) is 10.9 Å². The third-order valence-corrected chi connectivity index (χ3v) is 3.29. The van der Waals surface area contributed by atoms with E-state index in [-0.39, 0.29) is 24.6 Å². The van der Waals surface area contributed by atoms with Crippen molar-refractivity contribution in [3.05, 3.63) is 36.0 Å². The van der Waals surface area contributed by atoms with Gasteiger partial charge in [-0.25, -0.2) is 0 Å². The van der Waals surface area contributed by atoms with Crippen LogP contribution in [-0.2, 0) is 20.9 Å². The fourth-order valence-corrected chi connectivity index (χ4v) is 2.26. The number of hydrogen-bond donors (Lipinski definition) is 0. The van der Waals surface area contributed by atoms with Crippen LogP contribution < -0.4 is 0 Å². The van der Waals surface area contributed by atoms with Crippen molar-refractivity contribution in [1.82, 2.24) is 4.57 Å². The molecule has 0 radical (unpaired) electrons. The lowest BCUT2D eigenvalue weighted by molar-refractivity contribution is -0.144. The highest BCUT2D eigenvalue weighted by Crippen LogP contribution is 2.19. The van der Waals surface area contributed by atoms with Crippen LogP contribution in [0.2, 0.25) is 0 Å². The molecule has 0 spiro atoms. The summed E-state index contributed by atoms with van der Waals surface area (Å²) in [6.45, 7) is 4.46. The number of nitrogens with zero attached hydrogens (tertiary/aromatic N) is 1. The Kier molecular flexibility index (Phi) is 4.56. The Morgan fingerprint density at radius 3 is 2.75 bits per heavy atom. The van der Waals surface area contributed by atoms with Gasteiger partial charge < -0.3 is 9.30 Å². The SMILES string of the molecule is CCOC(=O)CCC(=O)Cn1ccc2c(C)cccc21. The molecular formula is C16H19NO3. The predicted molar refractivity (Wildman–Crippen MR) is 77.5 cm³/mol. The van der Waals surface area contributed by atoms with Crippen LogP contribution in [0.1, 0.15) is 25.3 Å². The maximum atomic E-state index is 11.9. The lowest BCUT2D eigenvalue weighted by Gasteiger charge is -2.05. The molecular weight excluding hydrogens is 254 g/mol. The summed E-state index contributed by atoms with van der Waals surface area (Å²) in [5.74, 6) is -0.272. The van der Waals surface area contributed by atoms with E-state index in [9.17, 15) is 9.59 Å². The third-order valence-electron chi connectivity index (χ3n) is 3.29. The second-order valence-electron chi connectivity index (χ2n) is 4.80. The van der Waals surface area contributed by atoms with Gasteiger partial charge in [0.1, 0.15) is 0 Å². The summed E-state index contributed by atoms with van der Waals surface area (Å²) in [5.41, 5.74) is 2.25.